The molecule has 0 atom stereocenters. The molecule has 31 heavy (non-hydrogen) atoms. The molecular formula is C20H27BrFN3O5S. The van der Waals surface area contributed by atoms with E-state index in [0.29, 0.717) is 12.5 Å². The van der Waals surface area contributed by atoms with E-state index >= 15 is 0 Å². The van der Waals surface area contributed by atoms with E-state index in [-0.39, 0.29) is 23.4 Å². The number of ether oxygens (including phenoxy) is 2. The molecule has 0 amide bonds. The molecule has 0 bridgehead atoms. The summed E-state index contributed by atoms with van der Waals surface area (Å²) in [6.07, 6.45) is 4.77. The maximum absolute atomic E-state index is 14.1. The molecule has 1 aromatic heterocycles. The van der Waals surface area contributed by atoms with Crippen molar-refractivity contribution in [1.29, 1.82) is 0 Å². The first-order chi connectivity index (χ1) is 14.6. The zero-order chi connectivity index (χ0) is 23.0. The molecule has 0 unspecified atom stereocenters. The highest BCUT2D eigenvalue weighted by atomic mass is 79.9. The fourth-order valence-corrected chi connectivity index (χ4v) is 4.11. The first-order valence-electron chi connectivity index (χ1n) is 9.77. The predicted molar refractivity (Wildman–Crippen MR) is 117 cm³/mol. The van der Waals surface area contributed by atoms with Gasteiger partial charge in [0, 0.05) is 11.8 Å². The molecule has 1 saturated heterocycles. The quantitative estimate of drug-likeness (QED) is 0.560. The van der Waals surface area contributed by atoms with Gasteiger partial charge in [0.25, 0.3) is 6.47 Å². The number of rotatable bonds is 7. The number of nitrogens with one attached hydrogen (secondary N) is 1. The number of hydrogen-bond acceptors (Lipinski definition) is 7. The van der Waals surface area contributed by atoms with Crippen LogP contribution < -0.4 is 10.1 Å². The van der Waals surface area contributed by atoms with Gasteiger partial charge in [-0.15, -0.1) is 0 Å². The van der Waals surface area contributed by atoms with Gasteiger partial charge in [0.05, 0.1) is 23.2 Å². The molecule has 3 rings (SSSR count). The van der Waals surface area contributed by atoms with Crippen LogP contribution in [-0.2, 0) is 26.0 Å². The third-order valence-corrected chi connectivity index (χ3v) is 6.48. The monoisotopic (exact) mass is 519 g/mol. The number of nitrogens with zero attached hydrogens (tertiary/aromatic N) is 2. The molecule has 0 spiro atoms. The smallest absolute Gasteiger partial charge is 0.293 e. The Morgan fingerprint density at radius 1 is 1.35 bits per heavy atom. The highest BCUT2D eigenvalue weighted by Crippen LogP contribution is 2.27. The van der Waals surface area contributed by atoms with Crippen LogP contribution in [0.25, 0.3) is 0 Å². The number of aromatic nitrogens is 2. The lowest BCUT2D eigenvalue weighted by atomic mass is 10.1. The van der Waals surface area contributed by atoms with Crippen LogP contribution in [0.5, 0.6) is 5.75 Å². The molecule has 0 radical (unpaired) electrons. The van der Waals surface area contributed by atoms with Crippen molar-refractivity contribution in [3.8, 4) is 5.75 Å². The van der Waals surface area contributed by atoms with E-state index in [9.17, 15) is 17.6 Å². The van der Waals surface area contributed by atoms with Gasteiger partial charge >= 0.3 is 0 Å². The van der Waals surface area contributed by atoms with Crippen LogP contribution in [0.4, 0.5) is 4.39 Å². The normalized spacial score (nSPS) is 14.6. The van der Waals surface area contributed by atoms with E-state index in [0.717, 1.165) is 48.4 Å². The predicted octanol–water partition coefficient (Wildman–Crippen LogP) is 3.26. The minimum absolute atomic E-state index is 0.00826. The molecular weight excluding hydrogens is 493 g/mol. The Morgan fingerprint density at radius 3 is 2.55 bits per heavy atom. The van der Waals surface area contributed by atoms with Crippen molar-refractivity contribution in [1.82, 2.24) is 15.1 Å². The summed E-state index contributed by atoms with van der Waals surface area (Å²) in [6, 6.07) is 3.96. The van der Waals surface area contributed by atoms with E-state index < -0.39 is 15.7 Å². The van der Waals surface area contributed by atoms with E-state index in [1.165, 1.54) is 12.1 Å². The number of benzene rings is 1. The van der Waals surface area contributed by atoms with Gasteiger partial charge in [-0.2, -0.15) is 5.10 Å². The number of sulfone groups is 1. The molecule has 1 aliphatic rings. The Kier molecular flexibility index (Phi) is 9.45. The molecule has 1 fully saturated rings. The summed E-state index contributed by atoms with van der Waals surface area (Å²) in [5, 5.41) is 7.72. The van der Waals surface area contributed by atoms with Crippen molar-refractivity contribution in [2.75, 3.05) is 19.3 Å². The second-order valence-corrected chi connectivity index (χ2v) is 10.1. The number of carbonyl (C=O) groups excluding carboxylic acids is 1. The topological polar surface area (TPSA) is 99.5 Å². The van der Waals surface area contributed by atoms with Crippen LogP contribution in [0.15, 0.2) is 33.9 Å². The molecule has 172 valence electrons. The fourth-order valence-electron chi connectivity index (χ4n) is 2.88. The summed E-state index contributed by atoms with van der Waals surface area (Å²) in [4.78, 5) is 9.32. The zero-order valence-electron chi connectivity index (χ0n) is 17.7. The Bertz CT molecular complexity index is 975. The summed E-state index contributed by atoms with van der Waals surface area (Å²) >= 11 is 3.54. The molecule has 1 aliphatic heterocycles. The highest BCUT2D eigenvalue weighted by molar-refractivity contribution is 9.10. The molecule has 11 heteroatoms. The van der Waals surface area contributed by atoms with Crippen LogP contribution in [0.1, 0.15) is 38.3 Å². The molecule has 0 aliphatic carbocycles. The SMILES string of the molecule is CC(C)OC=O.CS(=O)(=O)c1ccc(OCc2cnn(C3CCNCC3)c2Br)c(F)c1. The minimum Gasteiger partial charge on any atom is -0.486 e. The number of carbonyl (C=O) groups is 1. The lowest BCUT2D eigenvalue weighted by Gasteiger charge is -2.23. The van der Waals surface area contributed by atoms with E-state index in [1.807, 2.05) is 4.68 Å². The van der Waals surface area contributed by atoms with Gasteiger partial charge in [0.1, 0.15) is 11.2 Å². The lowest BCUT2D eigenvalue weighted by molar-refractivity contribution is -0.131. The highest BCUT2D eigenvalue weighted by Gasteiger charge is 2.20. The average Bonchev–Trinajstić information content (AvgIpc) is 3.08. The molecule has 8 nitrogen and oxygen atoms in total. The van der Waals surface area contributed by atoms with Gasteiger partial charge in [0.2, 0.25) is 0 Å². The third-order valence-electron chi connectivity index (χ3n) is 4.50. The molecule has 1 aromatic carbocycles. The van der Waals surface area contributed by atoms with Gasteiger partial charge in [0.15, 0.2) is 21.4 Å². The summed E-state index contributed by atoms with van der Waals surface area (Å²) in [6.45, 7) is 6.11. The van der Waals surface area contributed by atoms with E-state index in [1.54, 1.807) is 20.0 Å². The number of halogens is 2. The lowest BCUT2D eigenvalue weighted by Crippen LogP contribution is -2.30. The second kappa shape index (κ2) is 11.6. The fraction of sp³-hybridized carbons (Fsp3) is 0.500. The summed E-state index contributed by atoms with van der Waals surface area (Å²) < 4.78 is 49.6. The van der Waals surface area contributed by atoms with Crippen LogP contribution in [0.2, 0.25) is 0 Å². The Hall–Kier alpha value is -1.98. The maximum atomic E-state index is 14.1. The third kappa shape index (κ3) is 7.58. The summed E-state index contributed by atoms with van der Waals surface area (Å²) in [5.74, 6) is -0.696. The van der Waals surface area contributed by atoms with Gasteiger partial charge in [-0.1, -0.05) is 0 Å². The number of piperidine rings is 1. The first kappa shape index (κ1) is 25.3. The van der Waals surface area contributed by atoms with Crippen molar-refractivity contribution in [2.45, 2.75) is 50.3 Å². The van der Waals surface area contributed by atoms with Gasteiger partial charge in [-0.25, -0.2) is 12.8 Å². The number of hydrogen-bond donors (Lipinski definition) is 1. The standard InChI is InChI=1S/C16H19BrFN3O3S.C4H8O2/c1-25(22,23)13-2-3-15(14(18)8-13)24-10-11-9-20-21(16(11)17)12-4-6-19-7-5-12;1-4(2)6-3-5/h2-3,8-9,12,19H,4-7,10H2,1H3;3-4H,1-2H3. The Balaban J connectivity index is 0.000000501. The van der Waals surface area contributed by atoms with E-state index in [2.05, 4.69) is 31.1 Å². The first-order valence-corrected chi connectivity index (χ1v) is 12.5. The molecule has 2 aromatic rings. The van der Waals surface area contributed by atoms with Crippen LogP contribution in [-0.4, -0.2) is 50.1 Å². The van der Waals surface area contributed by atoms with Gasteiger partial charge in [-0.3, -0.25) is 9.48 Å². The largest absolute Gasteiger partial charge is 0.486 e. The Labute approximate surface area is 190 Å². The minimum atomic E-state index is -3.45. The molecule has 0 saturated carbocycles. The maximum Gasteiger partial charge on any atom is 0.293 e. The summed E-state index contributed by atoms with van der Waals surface area (Å²) in [7, 11) is -3.45. The van der Waals surface area contributed by atoms with Crippen molar-refractivity contribution in [3.63, 3.8) is 0 Å². The average molecular weight is 520 g/mol. The van der Waals surface area contributed by atoms with Crippen molar-refractivity contribution in [3.05, 3.63) is 40.4 Å². The van der Waals surface area contributed by atoms with E-state index in [4.69, 9.17) is 4.74 Å². The molecule has 1 N–H and O–H groups in total. The van der Waals surface area contributed by atoms with Gasteiger partial charge in [-0.05, 0) is 73.9 Å². The second-order valence-electron chi connectivity index (χ2n) is 7.32. The van der Waals surface area contributed by atoms with Gasteiger partial charge < -0.3 is 14.8 Å². The van der Waals surface area contributed by atoms with Crippen LogP contribution in [0.3, 0.4) is 0 Å². The molecule has 2 heterocycles. The van der Waals surface area contributed by atoms with Crippen molar-refractivity contribution >= 4 is 32.2 Å². The summed E-state index contributed by atoms with van der Waals surface area (Å²) in [5.41, 5.74) is 0.810. The van der Waals surface area contributed by atoms with Crippen molar-refractivity contribution < 1.29 is 27.1 Å². The van der Waals surface area contributed by atoms with Crippen molar-refractivity contribution in [2.24, 2.45) is 0 Å². The Morgan fingerprint density at radius 2 is 2.03 bits per heavy atom. The van der Waals surface area contributed by atoms with Crippen LogP contribution >= 0.6 is 15.9 Å². The van der Waals surface area contributed by atoms with Crippen LogP contribution in [0, 0.1) is 5.82 Å². The zero-order valence-corrected chi connectivity index (χ0v) is 20.1.